The van der Waals surface area contributed by atoms with Crippen LogP contribution in [0.4, 0.5) is 0 Å². The number of furan rings is 1. The second kappa shape index (κ2) is 8.34. The van der Waals surface area contributed by atoms with Crippen LogP contribution in [0.3, 0.4) is 0 Å². The zero-order valence-corrected chi connectivity index (χ0v) is 14.4. The van der Waals surface area contributed by atoms with Crippen molar-refractivity contribution in [2.75, 3.05) is 6.61 Å². The lowest BCUT2D eigenvalue weighted by Crippen LogP contribution is -1.98. The molecule has 128 valence electrons. The molecule has 0 N–H and O–H groups in total. The molecule has 3 heteroatoms. The molecule has 0 atom stereocenters. The fraction of sp³-hybridized carbons (Fsp3) is 0.227. The van der Waals surface area contributed by atoms with Gasteiger partial charge in [0.1, 0.15) is 11.5 Å². The Morgan fingerprint density at radius 1 is 0.960 bits per heavy atom. The van der Waals surface area contributed by atoms with Gasteiger partial charge in [-0.15, -0.1) is 0 Å². The maximum absolute atomic E-state index is 10.9. The predicted molar refractivity (Wildman–Crippen MR) is 100.0 cm³/mol. The molecule has 0 amide bonds. The summed E-state index contributed by atoms with van der Waals surface area (Å²) in [5.41, 5.74) is 3.08. The number of aldehydes is 1. The Balaban J connectivity index is 1.95. The molecule has 25 heavy (non-hydrogen) atoms. The first kappa shape index (κ1) is 17.0. The van der Waals surface area contributed by atoms with Crippen LogP contribution in [0.1, 0.15) is 36.7 Å². The Labute approximate surface area is 148 Å². The van der Waals surface area contributed by atoms with Gasteiger partial charge in [-0.05, 0) is 41.8 Å². The van der Waals surface area contributed by atoms with Gasteiger partial charge in [0.2, 0.25) is 0 Å². The van der Waals surface area contributed by atoms with Crippen molar-refractivity contribution in [2.45, 2.75) is 26.2 Å². The molecule has 3 nitrogen and oxygen atoms in total. The predicted octanol–water partition coefficient (Wildman–Crippen LogP) is 6.00. The van der Waals surface area contributed by atoms with E-state index < -0.39 is 0 Å². The molecule has 0 aliphatic carbocycles. The molecule has 0 bridgehead atoms. The number of carbonyl (C=O) groups is 1. The summed E-state index contributed by atoms with van der Waals surface area (Å²) in [6.07, 6.45) is 4.04. The van der Waals surface area contributed by atoms with E-state index in [4.69, 9.17) is 9.15 Å². The first-order valence-corrected chi connectivity index (χ1v) is 8.69. The SMILES string of the molecule is CCCCCOc1ccc(-c2ccccc2)cc1-c1ccc(C=O)o1. The lowest BCUT2D eigenvalue weighted by molar-refractivity contribution is 0.110. The fourth-order valence-corrected chi connectivity index (χ4v) is 2.75. The molecule has 0 saturated heterocycles. The fourth-order valence-electron chi connectivity index (χ4n) is 2.75. The van der Waals surface area contributed by atoms with Crippen LogP contribution < -0.4 is 4.74 Å². The molecule has 0 saturated carbocycles. The molecule has 1 aromatic heterocycles. The first-order valence-electron chi connectivity index (χ1n) is 8.69. The Bertz CT molecular complexity index is 818. The van der Waals surface area contributed by atoms with Crippen LogP contribution in [-0.2, 0) is 0 Å². The topological polar surface area (TPSA) is 39.4 Å². The number of hydrogen-bond donors (Lipinski definition) is 0. The van der Waals surface area contributed by atoms with Crippen molar-refractivity contribution in [3.63, 3.8) is 0 Å². The van der Waals surface area contributed by atoms with Crippen molar-refractivity contribution >= 4 is 6.29 Å². The van der Waals surface area contributed by atoms with Crippen molar-refractivity contribution in [1.82, 2.24) is 0 Å². The molecule has 0 radical (unpaired) electrons. The van der Waals surface area contributed by atoms with Crippen molar-refractivity contribution in [1.29, 1.82) is 0 Å². The summed E-state index contributed by atoms with van der Waals surface area (Å²) >= 11 is 0. The summed E-state index contributed by atoms with van der Waals surface area (Å²) in [5.74, 6) is 1.74. The van der Waals surface area contributed by atoms with Gasteiger partial charge in [-0.2, -0.15) is 0 Å². The molecule has 0 spiro atoms. The van der Waals surface area contributed by atoms with E-state index in [1.807, 2.05) is 30.3 Å². The van der Waals surface area contributed by atoms with Gasteiger partial charge in [0, 0.05) is 0 Å². The standard InChI is InChI=1S/C22H22O3/c1-2-3-7-14-24-21-12-10-18(17-8-5-4-6-9-17)15-20(21)22-13-11-19(16-23)25-22/h4-6,8-13,15-16H,2-3,7,14H2,1H3. The van der Waals surface area contributed by atoms with E-state index in [0.717, 1.165) is 41.7 Å². The van der Waals surface area contributed by atoms with Crippen molar-refractivity contribution in [3.05, 3.63) is 66.4 Å². The summed E-state index contributed by atoms with van der Waals surface area (Å²) in [6.45, 7) is 2.84. The van der Waals surface area contributed by atoms with Crippen LogP contribution in [0.15, 0.2) is 65.1 Å². The van der Waals surface area contributed by atoms with Crippen LogP contribution >= 0.6 is 0 Å². The largest absolute Gasteiger partial charge is 0.493 e. The van der Waals surface area contributed by atoms with Gasteiger partial charge in [-0.3, -0.25) is 4.79 Å². The van der Waals surface area contributed by atoms with E-state index in [-0.39, 0.29) is 0 Å². The van der Waals surface area contributed by atoms with Gasteiger partial charge >= 0.3 is 0 Å². The lowest BCUT2D eigenvalue weighted by Gasteiger charge is -2.12. The van der Waals surface area contributed by atoms with Crippen LogP contribution in [-0.4, -0.2) is 12.9 Å². The van der Waals surface area contributed by atoms with Crippen molar-refractivity contribution in [3.8, 4) is 28.2 Å². The Hall–Kier alpha value is -2.81. The molecule has 0 fully saturated rings. The highest BCUT2D eigenvalue weighted by Gasteiger charge is 2.13. The van der Waals surface area contributed by atoms with Crippen LogP contribution in [0.2, 0.25) is 0 Å². The summed E-state index contributed by atoms with van der Waals surface area (Å²) < 4.78 is 11.6. The Morgan fingerprint density at radius 3 is 2.52 bits per heavy atom. The van der Waals surface area contributed by atoms with E-state index in [9.17, 15) is 4.79 Å². The Morgan fingerprint density at radius 2 is 1.80 bits per heavy atom. The third-order valence-corrected chi connectivity index (χ3v) is 4.10. The minimum atomic E-state index is 0.317. The van der Waals surface area contributed by atoms with Crippen LogP contribution in [0.25, 0.3) is 22.5 Å². The highest BCUT2D eigenvalue weighted by Crippen LogP contribution is 2.35. The minimum Gasteiger partial charge on any atom is -0.493 e. The second-order valence-electron chi connectivity index (χ2n) is 5.95. The third kappa shape index (κ3) is 4.18. The number of ether oxygens (including phenoxy) is 1. The third-order valence-electron chi connectivity index (χ3n) is 4.10. The number of benzene rings is 2. The average Bonchev–Trinajstić information content (AvgIpc) is 3.15. The highest BCUT2D eigenvalue weighted by atomic mass is 16.5. The van der Waals surface area contributed by atoms with Crippen molar-refractivity contribution in [2.24, 2.45) is 0 Å². The van der Waals surface area contributed by atoms with E-state index in [1.165, 1.54) is 0 Å². The van der Waals surface area contributed by atoms with Gasteiger partial charge in [0.05, 0.1) is 12.2 Å². The molecule has 0 unspecified atom stereocenters. The second-order valence-corrected chi connectivity index (χ2v) is 5.95. The number of carbonyl (C=O) groups excluding carboxylic acids is 1. The molecular weight excluding hydrogens is 312 g/mol. The average molecular weight is 334 g/mol. The van der Waals surface area contributed by atoms with Crippen LogP contribution in [0.5, 0.6) is 5.75 Å². The molecule has 0 aliphatic heterocycles. The number of hydrogen-bond acceptors (Lipinski definition) is 3. The van der Waals surface area contributed by atoms with Gasteiger partial charge in [-0.25, -0.2) is 0 Å². The maximum Gasteiger partial charge on any atom is 0.185 e. The first-order chi connectivity index (χ1) is 12.3. The zero-order chi connectivity index (χ0) is 17.5. The van der Waals surface area contributed by atoms with Crippen molar-refractivity contribution < 1.29 is 13.9 Å². The summed E-state index contributed by atoms with van der Waals surface area (Å²) in [7, 11) is 0. The molecular formula is C22H22O3. The monoisotopic (exact) mass is 334 g/mol. The van der Waals surface area contributed by atoms with Gasteiger partial charge in [0.15, 0.2) is 12.0 Å². The number of rotatable bonds is 8. The van der Waals surface area contributed by atoms with E-state index in [2.05, 4.69) is 31.2 Å². The van der Waals surface area contributed by atoms with E-state index >= 15 is 0 Å². The van der Waals surface area contributed by atoms with Gasteiger partial charge in [-0.1, -0.05) is 56.2 Å². The molecule has 3 rings (SSSR count). The molecule has 3 aromatic rings. The quantitative estimate of drug-likeness (QED) is 0.375. The summed E-state index contributed by atoms with van der Waals surface area (Å²) in [5, 5.41) is 0. The molecule has 1 heterocycles. The summed E-state index contributed by atoms with van der Waals surface area (Å²) in [4.78, 5) is 10.9. The zero-order valence-electron chi connectivity index (χ0n) is 14.4. The molecule has 2 aromatic carbocycles. The lowest BCUT2D eigenvalue weighted by atomic mass is 10.0. The van der Waals surface area contributed by atoms with Gasteiger partial charge < -0.3 is 9.15 Å². The number of unbranched alkanes of at least 4 members (excludes halogenated alkanes) is 2. The molecule has 0 aliphatic rings. The van der Waals surface area contributed by atoms with E-state index in [0.29, 0.717) is 24.4 Å². The minimum absolute atomic E-state index is 0.317. The smallest absolute Gasteiger partial charge is 0.185 e. The maximum atomic E-state index is 10.9. The Kier molecular flexibility index (Phi) is 5.68. The van der Waals surface area contributed by atoms with Gasteiger partial charge in [0.25, 0.3) is 0 Å². The normalized spacial score (nSPS) is 10.6. The van der Waals surface area contributed by atoms with Crippen LogP contribution in [0, 0.1) is 0 Å². The van der Waals surface area contributed by atoms with E-state index in [1.54, 1.807) is 6.07 Å². The summed E-state index contributed by atoms with van der Waals surface area (Å²) in [6, 6.07) is 19.7. The highest BCUT2D eigenvalue weighted by molar-refractivity contribution is 5.78.